The third-order valence-corrected chi connectivity index (χ3v) is 1.55. The van der Waals surface area contributed by atoms with Crippen LogP contribution in [0.5, 0.6) is 0 Å². The fraction of sp³-hybridized carbons (Fsp3) is 0. The van der Waals surface area contributed by atoms with Crippen molar-refractivity contribution in [3.8, 4) is 0 Å². The molecule has 0 fully saturated rings. The zero-order valence-electron chi connectivity index (χ0n) is 6.12. The van der Waals surface area contributed by atoms with Gasteiger partial charge >= 0.3 is 0 Å². The summed E-state index contributed by atoms with van der Waals surface area (Å²) in [5, 5.41) is 3.50. The van der Waals surface area contributed by atoms with E-state index in [1.165, 1.54) is 0 Å². The van der Waals surface area contributed by atoms with Crippen molar-refractivity contribution >= 4 is 11.3 Å². The highest BCUT2D eigenvalue weighted by Crippen LogP contribution is 2.17. The Hall–Kier alpha value is -2.00. The molecule has 5 nitrogen and oxygen atoms in total. The average Bonchev–Trinajstić information content (AvgIpc) is 2.53. The van der Waals surface area contributed by atoms with Crippen LogP contribution in [-0.4, -0.2) is 9.38 Å². The summed E-state index contributed by atoms with van der Waals surface area (Å²) in [7, 11) is 0. The molecule has 0 N–H and O–H groups in total. The first-order chi connectivity index (χ1) is 5.92. The maximum absolute atomic E-state index is 8.24. The van der Waals surface area contributed by atoms with Crippen LogP contribution >= 0.6 is 0 Å². The van der Waals surface area contributed by atoms with Crippen LogP contribution in [0, 0.1) is 0 Å². The smallest absolute Gasteiger partial charge is 0.146 e. The number of nitrogens with zero attached hydrogens (tertiary/aromatic N) is 5. The molecule has 0 spiro atoms. The molecule has 0 bridgehead atoms. The van der Waals surface area contributed by atoms with E-state index in [0.717, 1.165) is 0 Å². The summed E-state index contributed by atoms with van der Waals surface area (Å²) in [6, 6.07) is 3.53. The number of hydrogen-bond acceptors (Lipinski definition) is 2. The third-order valence-electron chi connectivity index (χ3n) is 1.55. The summed E-state index contributed by atoms with van der Waals surface area (Å²) in [4.78, 5) is 6.74. The van der Waals surface area contributed by atoms with Gasteiger partial charge < -0.3 is 4.40 Å². The van der Waals surface area contributed by atoms with Gasteiger partial charge in [-0.25, -0.2) is 4.98 Å². The Morgan fingerprint density at radius 1 is 1.50 bits per heavy atom. The Balaban J connectivity index is 2.81. The van der Waals surface area contributed by atoms with E-state index < -0.39 is 0 Å². The lowest BCUT2D eigenvalue weighted by Gasteiger charge is -1.94. The van der Waals surface area contributed by atoms with Crippen LogP contribution in [-0.2, 0) is 0 Å². The van der Waals surface area contributed by atoms with Gasteiger partial charge in [0.15, 0.2) is 0 Å². The molecule has 2 rings (SSSR count). The number of imidazole rings is 1. The van der Waals surface area contributed by atoms with E-state index in [1.54, 1.807) is 28.9 Å². The van der Waals surface area contributed by atoms with Gasteiger partial charge in [-0.05, 0) is 17.7 Å². The Morgan fingerprint density at radius 3 is 3.25 bits per heavy atom. The summed E-state index contributed by atoms with van der Waals surface area (Å²) in [6.45, 7) is 0. The van der Waals surface area contributed by atoms with E-state index in [0.29, 0.717) is 11.3 Å². The van der Waals surface area contributed by atoms with Gasteiger partial charge in [-0.1, -0.05) is 5.11 Å². The largest absolute Gasteiger partial charge is 0.307 e. The Kier molecular flexibility index (Phi) is 1.43. The molecule has 0 saturated carbocycles. The monoisotopic (exact) mass is 159 g/mol. The number of fused-ring (bicyclic) bond motifs is 1. The molecular weight excluding hydrogens is 154 g/mol. The summed E-state index contributed by atoms with van der Waals surface area (Å²) >= 11 is 0. The molecular formula is C7H5N5. The molecule has 0 aliphatic carbocycles. The van der Waals surface area contributed by atoms with Crippen LogP contribution in [0.15, 0.2) is 35.8 Å². The number of aromatic nitrogens is 2. The van der Waals surface area contributed by atoms with Crippen molar-refractivity contribution in [2.45, 2.75) is 0 Å². The lowest BCUT2D eigenvalue weighted by molar-refractivity contribution is 1.18. The first-order valence-corrected chi connectivity index (χ1v) is 3.38. The lowest BCUT2D eigenvalue weighted by atomic mass is 10.4. The molecule has 58 valence electrons. The maximum atomic E-state index is 8.24. The minimum absolute atomic E-state index is 0.546. The van der Waals surface area contributed by atoms with Crippen LogP contribution in [0.25, 0.3) is 16.1 Å². The van der Waals surface area contributed by atoms with Crippen LogP contribution in [0.2, 0.25) is 0 Å². The molecule has 0 amide bonds. The molecule has 0 unspecified atom stereocenters. The molecule has 12 heavy (non-hydrogen) atoms. The van der Waals surface area contributed by atoms with Crippen LogP contribution < -0.4 is 0 Å². The van der Waals surface area contributed by atoms with Crippen molar-refractivity contribution in [3.63, 3.8) is 0 Å². The lowest BCUT2D eigenvalue weighted by Crippen LogP contribution is -1.80. The molecule has 2 heterocycles. The Bertz CT molecular complexity index is 452. The summed E-state index contributed by atoms with van der Waals surface area (Å²) in [5.74, 6) is 0. The second-order valence-corrected chi connectivity index (χ2v) is 2.24. The topological polar surface area (TPSA) is 66.1 Å². The number of azide groups is 1. The molecule has 0 atom stereocenters. The summed E-state index contributed by atoms with van der Waals surface area (Å²) in [6.07, 6.45) is 5.30. The molecule has 0 aromatic carbocycles. The summed E-state index contributed by atoms with van der Waals surface area (Å²) in [5.41, 5.74) is 9.46. The molecule has 5 heteroatoms. The molecule has 0 saturated heterocycles. The second kappa shape index (κ2) is 2.56. The highest BCUT2D eigenvalue weighted by Gasteiger charge is 1.97. The van der Waals surface area contributed by atoms with Gasteiger partial charge in [0.2, 0.25) is 0 Å². The van der Waals surface area contributed by atoms with Gasteiger partial charge in [0.1, 0.15) is 5.65 Å². The predicted molar refractivity (Wildman–Crippen MR) is 44.0 cm³/mol. The highest BCUT2D eigenvalue weighted by atomic mass is 15.1. The van der Waals surface area contributed by atoms with E-state index in [4.69, 9.17) is 5.53 Å². The average molecular weight is 159 g/mol. The van der Waals surface area contributed by atoms with Crippen molar-refractivity contribution in [1.82, 2.24) is 9.38 Å². The maximum Gasteiger partial charge on any atom is 0.146 e. The zero-order valence-corrected chi connectivity index (χ0v) is 6.12. The van der Waals surface area contributed by atoms with Gasteiger partial charge in [-0.3, -0.25) is 0 Å². The van der Waals surface area contributed by atoms with Crippen molar-refractivity contribution in [1.29, 1.82) is 0 Å². The minimum atomic E-state index is 0.546. The van der Waals surface area contributed by atoms with Crippen molar-refractivity contribution in [2.24, 2.45) is 5.11 Å². The van der Waals surface area contributed by atoms with Crippen LogP contribution in [0.1, 0.15) is 0 Å². The fourth-order valence-electron chi connectivity index (χ4n) is 1.06. The van der Waals surface area contributed by atoms with Gasteiger partial charge in [0, 0.05) is 23.5 Å². The zero-order chi connectivity index (χ0) is 8.39. The standard InChI is InChI=1S/C7H5N5/c8-11-10-6-2-1-4-12-5-3-9-7(6)12/h1-5H. The van der Waals surface area contributed by atoms with E-state index >= 15 is 0 Å². The van der Waals surface area contributed by atoms with Crippen molar-refractivity contribution < 1.29 is 0 Å². The van der Waals surface area contributed by atoms with Gasteiger partial charge in [-0.2, -0.15) is 0 Å². The predicted octanol–water partition coefficient (Wildman–Crippen LogP) is 2.28. The normalized spacial score (nSPS) is 9.67. The van der Waals surface area contributed by atoms with E-state index in [-0.39, 0.29) is 0 Å². The first-order valence-electron chi connectivity index (χ1n) is 3.38. The van der Waals surface area contributed by atoms with E-state index in [2.05, 4.69) is 15.0 Å². The van der Waals surface area contributed by atoms with E-state index in [9.17, 15) is 0 Å². The number of hydrogen-bond donors (Lipinski definition) is 0. The van der Waals surface area contributed by atoms with Gasteiger partial charge in [-0.15, -0.1) is 0 Å². The molecule has 0 aliphatic rings. The van der Waals surface area contributed by atoms with Crippen molar-refractivity contribution in [3.05, 3.63) is 41.2 Å². The second-order valence-electron chi connectivity index (χ2n) is 2.24. The fourth-order valence-corrected chi connectivity index (χ4v) is 1.06. The molecule has 2 aromatic rings. The van der Waals surface area contributed by atoms with Gasteiger partial charge in [0.05, 0.1) is 5.69 Å². The van der Waals surface area contributed by atoms with Crippen molar-refractivity contribution in [2.75, 3.05) is 0 Å². The van der Waals surface area contributed by atoms with E-state index in [1.807, 2.05) is 6.20 Å². The molecule has 0 radical (unpaired) electrons. The SMILES string of the molecule is [N-]=[N+]=Nc1cccn2ccnc12. The molecule has 2 aromatic heterocycles. The first kappa shape index (κ1) is 6.69. The summed E-state index contributed by atoms with van der Waals surface area (Å²) < 4.78 is 1.80. The highest BCUT2D eigenvalue weighted by molar-refractivity contribution is 5.63. The minimum Gasteiger partial charge on any atom is -0.307 e. The molecule has 0 aliphatic heterocycles. The van der Waals surface area contributed by atoms with Gasteiger partial charge in [0.25, 0.3) is 0 Å². The quantitative estimate of drug-likeness (QED) is 0.357. The number of pyridine rings is 1. The Morgan fingerprint density at radius 2 is 2.42 bits per heavy atom. The Labute approximate surface area is 67.9 Å². The number of rotatable bonds is 1. The van der Waals surface area contributed by atoms with Crippen LogP contribution in [0.3, 0.4) is 0 Å². The third kappa shape index (κ3) is 0.889. The van der Waals surface area contributed by atoms with Crippen LogP contribution in [0.4, 0.5) is 5.69 Å².